The molecule has 268 valence electrons. The zero-order chi connectivity index (χ0) is 37.5. The van der Waals surface area contributed by atoms with Gasteiger partial charge in [0.25, 0.3) is 5.82 Å². The number of benzene rings is 6. The van der Waals surface area contributed by atoms with Crippen LogP contribution in [-0.2, 0) is 21.9 Å². The molecule has 6 aliphatic heterocycles. The number of hydrogen-bond donors (Lipinski definition) is 0. The van der Waals surface area contributed by atoms with Crippen LogP contribution in [0.3, 0.4) is 0 Å². The molecule has 57 heavy (non-hydrogen) atoms. The maximum absolute atomic E-state index is 2.71. The molecule has 8 aromatic rings. The highest BCUT2D eigenvalue weighted by Gasteiger charge is 2.74. The molecule has 1 unspecified atom stereocenters. The molecule has 8 heterocycles. The summed E-state index contributed by atoms with van der Waals surface area (Å²) in [7, 11) is 0. The van der Waals surface area contributed by atoms with Crippen molar-refractivity contribution in [2.75, 3.05) is 9.80 Å². The fourth-order valence-corrected chi connectivity index (χ4v) is 13.2. The van der Waals surface area contributed by atoms with Crippen LogP contribution in [0, 0.1) is 0 Å². The standard InChI is InChI=1S/C52H37N5/c1-49(2)34-18-9-10-22-40(34)56-42-26-24-37-47-44(42)52(43-41(25-23-36(49)46(43)56)54-28-13-29-55(52)54)53-27-12-21-39-48(53)57(47)45-35(50(37,3)4)19-11-20-38(45)51(39)32-16-7-5-14-30(32)31-15-6-8-17-33(31)51/h5-29H,1-4H3/q+2. The Labute approximate surface area is 330 Å². The minimum atomic E-state index is -0.704. The van der Waals surface area contributed by atoms with E-state index in [4.69, 9.17) is 0 Å². The largest absolute Gasteiger partial charge is 0.394 e. The van der Waals surface area contributed by atoms with E-state index in [1.54, 1.807) is 0 Å². The molecule has 2 aromatic heterocycles. The van der Waals surface area contributed by atoms with E-state index < -0.39 is 11.1 Å². The molecule has 0 saturated carbocycles. The van der Waals surface area contributed by atoms with E-state index >= 15 is 0 Å². The summed E-state index contributed by atoms with van der Waals surface area (Å²) in [5.74, 6) is 1.25. The molecule has 0 bridgehead atoms. The monoisotopic (exact) mass is 731 g/mol. The van der Waals surface area contributed by atoms with Crippen LogP contribution in [0.2, 0.25) is 0 Å². The minimum absolute atomic E-state index is 0.203. The number of hydrogen-bond acceptors (Lipinski definition) is 2. The summed E-state index contributed by atoms with van der Waals surface area (Å²) in [6, 6.07) is 51.4. The van der Waals surface area contributed by atoms with Crippen LogP contribution in [-0.4, -0.2) is 4.68 Å². The summed E-state index contributed by atoms with van der Waals surface area (Å²) in [6.45, 7) is 9.75. The lowest BCUT2D eigenvalue weighted by molar-refractivity contribution is -0.991. The Kier molecular flexibility index (Phi) is 4.56. The van der Waals surface area contributed by atoms with Gasteiger partial charge in [0.15, 0.2) is 5.69 Å². The number of nitrogens with zero attached hydrogens (tertiary/aromatic N) is 5. The lowest BCUT2D eigenvalue weighted by Crippen LogP contribution is -2.78. The van der Waals surface area contributed by atoms with Crippen molar-refractivity contribution in [3.05, 3.63) is 208 Å². The molecule has 5 nitrogen and oxygen atoms in total. The lowest BCUT2D eigenvalue weighted by atomic mass is 9.60. The molecule has 6 aromatic carbocycles. The lowest BCUT2D eigenvalue weighted by Gasteiger charge is -2.52. The molecule has 7 aliphatic rings. The first-order valence-corrected chi connectivity index (χ1v) is 20.4. The number of anilines is 6. The zero-order valence-corrected chi connectivity index (χ0v) is 32.2. The smallest absolute Gasteiger partial charge is 0.308 e. The molecule has 15 rings (SSSR count). The van der Waals surface area contributed by atoms with Gasteiger partial charge in [-0.3, -0.25) is 0 Å². The molecule has 5 heteroatoms. The highest BCUT2D eigenvalue weighted by Crippen LogP contribution is 2.71. The average Bonchev–Trinajstić information content (AvgIpc) is 3.92. The van der Waals surface area contributed by atoms with Crippen LogP contribution in [0.4, 0.5) is 34.3 Å². The molecule has 0 amide bonds. The van der Waals surface area contributed by atoms with Gasteiger partial charge in [-0.15, -0.1) is 4.68 Å². The molecule has 2 spiro atoms. The van der Waals surface area contributed by atoms with Crippen LogP contribution in [0.25, 0.3) is 16.8 Å². The van der Waals surface area contributed by atoms with Crippen molar-refractivity contribution in [1.82, 2.24) is 4.68 Å². The third kappa shape index (κ3) is 2.69. The van der Waals surface area contributed by atoms with Gasteiger partial charge in [-0.1, -0.05) is 129 Å². The van der Waals surface area contributed by atoms with Crippen molar-refractivity contribution < 1.29 is 9.25 Å². The maximum atomic E-state index is 2.71. The molecule has 0 fully saturated rings. The first-order chi connectivity index (χ1) is 27.8. The normalized spacial score (nSPS) is 20.4. The van der Waals surface area contributed by atoms with Gasteiger partial charge in [-0.05, 0) is 63.7 Å². The number of pyridine rings is 1. The fraction of sp³-hybridized carbons (Fsp3) is 0.154. The number of fused-ring (bicyclic) bond motifs is 12. The van der Waals surface area contributed by atoms with Gasteiger partial charge in [0.2, 0.25) is 6.20 Å². The third-order valence-electron chi connectivity index (χ3n) is 15.3. The highest BCUT2D eigenvalue weighted by atomic mass is 15.5. The van der Waals surface area contributed by atoms with Gasteiger partial charge in [-0.2, -0.15) is 9.47 Å². The van der Waals surface area contributed by atoms with Gasteiger partial charge in [0.1, 0.15) is 22.5 Å². The quantitative estimate of drug-likeness (QED) is 0.145. The topological polar surface area (TPSA) is 19.2 Å². The number of para-hydroxylation sites is 2. The van der Waals surface area contributed by atoms with E-state index in [1.807, 2.05) is 0 Å². The van der Waals surface area contributed by atoms with Crippen molar-refractivity contribution in [3.63, 3.8) is 0 Å². The van der Waals surface area contributed by atoms with Crippen LogP contribution in [0.5, 0.6) is 0 Å². The first-order valence-electron chi connectivity index (χ1n) is 20.4. The van der Waals surface area contributed by atoms with Crippen molar-refractivity contribution in [2.45, 2.75) is 49.6 Å². The molecule has 0 N–H and O–H groups in total. The Morgan fingerprint density at radius 3 is 1.77 bits per heavy atom. The van der Waals surface area contributed by atoms with E-state index in [-0.39, 0.29) is 10.8 Å². The maximum Gasteiger partial charge on any atom is 0.394 e. The van der Waals surface area contributed by atoms with E-state index in [2.05, 4.69) is 203 Å². The first kappa shape index (κ1) is 29.6. The Bertz CT molecular complexity index is 3240. The van der Waals surface area contributed by atoms with Crippen LogP contribution in [0.15, 0.2) is 152 Å². The zero-order valence-electron chi connectivity index (χ0n) is 32.2. The SMILES string of the molecule is CC1(C)c2cccc3c2N2c4c1ccc1c4C4(c5c(ccc6c5N1c1ccccc1C6(C)C)-n1ccc[n+]14)[n+]1cccc(c12)C31c2ccccc2-c2ccccc21. The highest BCUT2D eigenvalue weighted by molar-refractivity contribution is 6.03. The van der Waals surface area contributed by atoms with E-state index in [0.29, 0.717) is 0 Å². The van der Waals surface area contributed by atoms with Crippen LogP contribution >= 0.6 is 0 Å². The third-order valence-corrected chi connectivity index (χ3v) is 15.3. The summed E-state index contributed by atoms with van der Waals surface area (Å²) in [5.41, 5.74) is 22.3. The van der Waals surface area contributed by atoms with Crippen molar-refractivity contribution in [3.8, 4) is 16.8 Å². The Hall–Kier alpha value is -6.72. The Morgan fingerprint density at radius 1 is 0.421 bits per heavy atom. The average molecular weight is 732 g/mol. The van der Waals surface area contributed by atoms with E-state index in [0.717, 1.165) is 0 Å². The summed E-state index contributed by atoms with van der Waals surface area (Å²) in [6.07, 6.45) is 6.97. The second-order valence-electron chi connectivity index (χ2n) is 18.2. The second-order valence-corrected chi connectivity index (χ2v) is 18.2. The second kappa shape index (κ2) is 8.80. The summed E-state index contributed by atoms with van der Waals surface area (Å²) >= 11 is 0. The van der Waals surface area contributed by atoms with E-state index in [9.17, 15) is 0 Å². The molecule has 1 atom stereocenters. The molecular weight excluding hydrogens is 695 g/mol. The fourth-order valence-electron chi connectivity index (χ4n) is 13.2. The number of rotatable bonds is 0. The van der Waals surface area contributed by atoms with Crippen LogP contribution in [0.1, 0.15) is 83.3 Å². The Morgan fingerprint density at radius 2 is 1.00 bits per heavy atom. The van der Waals surface area contributed by atoms with Gasteiger partial charge < -0.3 is 4.90 Å². The van der Waals surface area contributed by atoms with Crippen molar-refractivity contribution in [2.24, 2.45) is 0 Å². The minimum Gasteiger partial charge on any atom is -0.308 e. The van der Waals surface area contributed by atoms with Gasteiger partial charge in [0, 0.05) is 33.6 Å². The number of aromatic nitrogens is 3. The summed E-state index contributed by atoms with van der Waals surface area (Å²) in [5, 5.41) is 0. The molecule has 0 saturated heterocycles. The van der Waals surface area contributed by atoms with Crippen molar-refractivity contribution in [1.29, 1.82) is 0 Å². The summed E-state index contributed by atoms with van der Waals surface area (Å²) in [4.78, 5) is 5.34. The van der Waals surface area contributed by atoms with Gasteiger partial charge >= 0.3 is 5.66 Å². The van der Waals surface area contributed by atoms with Crippen LogP contribution < -0.4 is 19.0 Å². The molecule has 1 aliphatic carbocycles. The predicted octanol–water partition coefficient (Wildman–Crippen LogP) is 10.2. The molecular formula is C52H37N5+2. The summed E-state index contributed by atoms with van der Waals surface area (Å²) < 4.78 is 7.66. The van der Waals surface area contributed by atoms with E-state index in [1.165, 1.54) is 107 Å². The van der Waals surface area contributed by atoms with Gasteiger partial charge in [-0.25, -0.2) is 0 Å². The Balaban J connectivity index is 1.21. The predicted molar refractivity (Wildman–Crippen MR) is 222 cm³/mol. The molecule has 0 radical (unpaired) electrons. The van der Waals surface area contributed by atoms with Gasteiger partial charge in [0.05, 0.1) is 40.4 Å². The van der Waals surface area contributed by atoms with Crippen molar-refractivity contribution >= 4 is 34.3 Å².